The van der Waals surface area contributed by atoms with Crippen LogP contribution in [-0.4, -0.2) is 15.2 Å². The molecule has 72 valence electrons. The van der Waals surface area contributed by atoms with Crippen molar-refractivity contribution in [1.82, 2.24) is 4.98 Å². The number of nitrogens with zero attached hydrogens (tertiary/aromatic N) is 1. The second-order valence-electron chi connectivity index (χ2n) is 2.28. The highest BCUT2D eigenvalue weighted by Gasteiger charge is 2.14. The third kappa shape index (κ3) is 2.25. The maximum Gasteiger partial charge on any atom is 0.280 e. The van der Waals surface area contributed by atoms with Gasteiger partial charge in [0, 0.05) is 0 Å². The first kappa shape index (κ1) is 10.6. The maximum absolute atomic E-state index is 12.2. The molecule has 0 saturated heterocycles. The highest BCUT2D eigenvalue weighted by molar-refractivity contribution is 14.1. The average Bonchev–Trinajstić information content (AvgIpc) is 2.09. The minimum absolute atomic E-state index is 0.123. The van der Waals surface area contributed by atoms with E-state index in [0.29, 0.717) is 0 Å². The number of aliphatic hydroxyl groups excluding tert-OH is 1. The summed E-state index contributed by atoms with van der Waals surface area (Å²) >= 11 is 1.70. The van der Waals surface area contributed by atoms with Crippen molar-refractivity contribution in [3.8, 4) is 5.75 Å². The topological polar surface area (TPSA) is 53.4 Å². The van der Waals surface area contributed by atoms with Crippen LogP contribution in [0.4, 0.5) is 8.78 Å². The van der Waals surface area contributed by atoms with Crippen LogP contribution in [-0.2, 0) is 6.61 Å². The molecule has 1 heterocycles. The van der Waals surface area contributed by atoms with Gasteiger partial charge in [0.05, 0.1) is 10.2 Å². The third-order valence-corrected chi connectivity index (χ3v) is 2.23. The van der Waals surface area contributed by atoms with Gasteiger partial charge in [0.25, 0.3) is 6.43 Å². The molecule has 0 aliphatic rings. The molecule has 0 saturated carbocycles. The quantitative estimate of drug-likeness (QED) is 0.819. The Morgan fingerprint density at radius 2 is 2.15 bits per heavy atom. The largest absolute Gasteiger partial charge is 0.505 e. The van der Waals surface area contributed by atoms with Crippen LogP contribution < -0.4 is 0 Å². The lowest BCUT2D eigenvalue weighted by atomic mass is 10.3. The Kier molecular flexibility index (Phi) is 3.37. The normalized spacial score (nSPS) is 10.8. The number of aromatic hydroxyl groups is 1. The van der Waals surface area contributed by atoms with Gasteiger partial charge in [-0.15, -0.1) is 0 Å². The van der Waals surface area contributed by atoms with Crippen LogP contribution in [0.15, 0.2) is 6.07 Å². The molecule has 1 rings (SSSR count). The van der Waals surface area contributed by atoms with E-state index in [0.717, 1.165) is 6.07 Å². The Hall–Kier alpha value is -0.500. The Bertz CT molecular complexity index is 320. The fourth-order valence-electron chi connectivity index (χ4n) is 0.799. The molecule has 0 aliphatic heterocycles. The molecule has 0 aromatic carbocycles. The molecule has 6 heteroatoms. The number of rotatable bonds is 2. The number of hydrogen-bond donors (Lipinski definition) is 2. The first-order valence-corrected chi connectivity index (χ1v) is 4.41. The van der Waals surface area contributed by atoms with Crippen molar-refractivity contribution in [1.29, 1.82) is 0 Å². The first-order chi connectivity index (χ1) is 6.06. The first-order valence-electron chi connectivity index (χ1n) is 3.33. The molecule has 0 aliphatic carbocycles. The van der Waals surface area contributed by atoms with E-state index in [-0.39, 0.29) is 15.0 Å². The maximum atomic E-state index is 12.2. The van der Waals surface area contributed by atoms with E-state index in [1.54, 1.807) is 22.6 Å². The third-order valence-electron chi connectivity index (χ3n) is 1.41. The molecule has 3 nitrogen and oxygen atoms in total. The van der Waals surface area contributed by atoms with Gasteiger partial charge in [-0.1, -0.05) is 0 Å². The number of hydrogen-bond acceptors (Lipinski definition) is 3. The zero-order valence-electron chi connectivity index (χ0n) is 6.34. The second-order valence-corrected chi connectivity index (χ2v) is 3.45. The van der Waals surface area contributed by atoms with E-state index in [9.17, 15) is 13.9 Å². The van der Waals surface area contributed by atoms with Gasteiger partial charge in [0.15, 0.2) is 5.75 Å². The van der Waals surface area contributed by atoms with Crippen LogP contribution in [0.25, 0.3) is 0 Å². The predicted octanol–water partition coefficient (Wildman–Crippen LogP) is 1.82. The summed E-state index contributed by atoms with van der Waals surface area (Å²) in [4.78, 5) is 3.40. The highest BCUT2D eigenvalue weighted by atomic mass is 127. The summed E-state index contributed by atoms with van der Waals surface area (Å²) in [5, 5.41) is 17.9. The van der Waals surface area contributed by atoms with Crippen molar-refractivity contribution < 1.29 is 19.0 Å². The predicted molar refractivity (Wildman–Crippen MR) is 49.5 cm³/mol. The number of alkyl halides is 2. The van der Waals surface area contributed by atoms with E-state index in [4.69, 9.17) is 5.11 Å². The van der Waals surface area contributed by atoms with E-state index in [1.807, 2.05) is 0 Å². The van der Waals surface area contributed by atoms with Gasteiger partial charge < -0.3 is 10.2 Å². The molecule has 0 fully saturated rings. The average molecular weight is 301 g/mol. The molecular weight excluding hydrogens is 295 g/mol. The van der Waals surface area contributed by atoms with Crippen molar-refractivity contribution in [3.63, 3.8) is 0 Å². The lowest BCUT2D eigenvalue weighted by Gasteiger charge is -2.05. The van der Waals surface area contributed by atoms with Gasteiger partial charge in [0.2, 0.25) is 0 Å². The summed E-state index contributed by atoms with van der Waals surface area (Å²) in [7, 11) is 0. The SMILES string of the molecule is OCc1nc(C(F)F)cc(I)c1O. The zero-order chi connectivity index (χ0) is 10.0. The molecule has 0 bridgehead atoms. The van der Waals surface area contributed by atoms with E-state index in [1.165, 1.54) is 0 Å². The molecule has 1 aromatic heterocycles. The Morgan fingerprint density at radius 1 is 1.54 bits per heavy atom. The molecule has 0 spiro atoms. The summed E-state index contributed by atoms with van der Waals surface area (Å²) in [6, 6.07) is 1.08. The van der Waals surface area contributed by atoms with Crippen molar-refractivity contribution >= 4 is 22.6 Å². The van der Waals surface area contributed by atoms with Crippen LogP contribution in [0.3, 0.4) is 0 Å². The molecule has 13 heavy (non-hydrogen) atoms. The minimum atomic E-state index is -2.69. The number of aromatic nitrogens is 1. The summed E-state index contributed by atoms with van der Waals surface area (Å²) in [5.41, 5.74) is -0.562. The summed E-state index contributed by atoms with van der Waals surface area (Å²) in [5.74, 6) is -0.243. The van der Waals surface area contributed by atoms with Crippen LogP contribution >= 0.6 is 22.6 Å². The van der Waals surface area contributed by atoms with Crippen molar-refractivity contribution in [3.05, 3.63) is 21.0 Å². The fourth-order valence-corrected chi connectivity index (χ4v) is 1.43. The lowest BCUT2D eigenvalue weighted by molar-refractivity contribution is 0.144. The molecular formula is C7H6F2INO2. The highest BCUT2D eigenvalue weighted by Crippen LogP contribution is 2.27. The minimum Gasteiger partial charge on any atom is -0.505 e. The molecule has 0 amide bonds. The Labute approximate surface area is 86.6 Å². The standard InChI is InChI=1S/C7H6F2INO2/c8-7(9)4-1-3(10)6(13)5(2-12)11-4/h1,7,12-13H,2H2. The number of aliphatic hydroxyl groups is 1. The van der Waals surface area contributed by atoms with Crippen molar-refractivity contribution in [2.24, 2.45) is 0 Å². The van der Waals surface area contributed by atoms with Gasteiger partial charge in [-0.3, -0.25) is 0 Å². The van der Waals surface area contributed by atoms with Crippen LogP contribution in [0.1, 0.15) is 17.8 Å². The summed E-state index contributed by atoms with van der Waals surface area (Å²) in [6.45, 7) is -0.553. The number of pyridine rings is 1. The molecule has 0 unspecified atom stereocenters. The molecule has 1 aromatic rings. The Balaban J connectivity index is 3.22. The molecule has 0 radical (unpaired) electrons. The number of halogens is 3. The Morgan fingerprint density at radius 3 is 2.62 bits per heavy atom. The van der Waals surface area contributed by atoms with Gasteiger partial charge in [-0.25, -0.2) is 13.8 Å². The van der Waals surface area contributed by atoms with Crippen LogP contribution in [0, 0.1) is 3.57 Å². The molecule has 2 N–H and O–H groups in total. The van der Waals surface area contributed by atoms with Gasteiger partial charge >= 0.3 is 0 Å². The van der Waals surface area contributed by atoms with E-state index in [2.05, 4.69) is 4.98 Å². The fraction of sp³-hybridized carbons (Fsp3) is 0.286. The van der Waals surface area contributed by atoms with Crippen molar-refractivity contribution in [2.75, 3.05) is 0 Å². The van der Waals surface area contributed by atoms with Crippen LogP contribution in [0.2, 0.25) is 0 Å². The van der Waals surface area contributed by atoms with Gasteiger partial charge in [-0.2, -0.15) is 0 Å². The smallest absolute Gasteiger partial charge is 0.280 e. The van der Waals surface area contributed by atoms with E-state index >= 15 is 0 Å². The van der Waals surface area contributed by atoms with Gasteiger partial charge in [-0.05, 0) is 28.7 Å². The summed E-state index contributed by atoms with van der Waals surface area (Å²) < 4.78 is 24.6. The second kappa shape index (κ2) is 4.14. The summed E-state index contributed by atoms with van der Waals surface area (Å²) in [6.07, 6.45) is -2.69. The molecule has 0 atom stereocenters. The van der Waals surface area contributed by atoms with E-state index < -0.39 is 18.7 Å². The van der Waals surface area contributed by atoms with Crippen LogP contribution in [0.5, 0.6) is 5.75 Å². The zero-order valence-corrected chi connectivity index (χ0v) is 8.49. The monoisotopic (exact) mass is 301 g/mol. The lowest BCUT2D eigenvalue weighted by Crippen LogP contribution is -1.98. The van der Waals surface area contributed by atoms with Gasteiger partial charge in [0.1, 0.15) is 11.4 Å². The van der Waals surface area contributed by atoms with Crippen molar-refractivity contribution in [2.45, 2.75) is 13.0 Å².